The monoisotopic (exact) mass is 187 g/mol. The average molecular weight is 187 g/mol. The summed E-state index contributed by atoms with van der Waals surface area (Å²) in [6.07, 6.45) is 0.591. The van der Waals surface area contributed by atoms with Crippen LogP contribution in [0.3, 0.4) is 0 Å². The van der Waals surface area contributed by atoms with Crippen LogP contribution >= 0.6 is 0 Å². The Hall–Kier alpha value is -0.610. The fourth-order valence-corrected chi connectivity index (χ4v) is 1.48. The van der Waals surface area contributed by atoms with Gasteiger partial charge in [-0.15, -0.1) is 0 Å². The lowest BCUT2D eigenvalue weighted by Crippen LogP contribution is -2.30. The standard InChI is InChI=1S/C9H17NO3/c1-9(2,3)13-6-4-7(8(11)12)10-5-6/h6-7,10H,4-5H2,1-3H3,(H,11,12)/t6-,7+/m1/s1. The molecule has 1 rings (SSSR count). The highest BCUT2D eigenvalue weighted by molar-refractivity contribution is 5.73. The number of carboxylic acid groups (broad SMARTS) is 1. The molecule has 0 radical (unpaired) electrons. The molecule has 0 aromatic heterocycles. The van der Waals surface area contributed by atoms with Gasteiger partial charge in [-0.05, 0) is 20.8 Å². The summed E-state index contributed by atoms with van der Waals surface area (Å²) in [5, 5.41) is 11.6. The number of nitrogens with one attached hydrogen (secondary N) is 1. The largest absolute Gasteiger partial charge is 0.480 e. The molecule has 2 N–H and O–H groups in total. The summed E-state index contributed by atoms with van der Waals surface area (Å²) < 4.78 is 5.65. The minimum atomic E-state index is -0.792. The van der Waals surface area contributed by atoms with Crippen molar-refractivity contribution in [1.82, 2.24) is 5.32 Å². The van der Waals surface area contributed by atoms with Gasteiger partial charge in [0.05, 0.1) is 11.7 Å². The molecule has 0 aliphatic carbocycles. The molecule has 0 amide bonds. The molecule has 0 saturated carbocycles. The summed E-state index contributed by atoms with van der Waals surface area (Å²) in [5.74, 6) is -0.792. The lowest BCUT2D eigenvalue weighted by Gasteiger charge is -2.24. The maximum absolute atomic E-state index is 10.6. The molecular formula is C9H17NO3. The van der Waals surface area contributed by atoms with Gasteiger partial charge in [0.15, 0.2) is 0 Å². The number of ether oxygens (including phenoxy) is 1. The molecule has 4 nitrogen and oxygen atoms in total. The van der Waals surface area contributed by atoms with Crippen LogP contribution in [0.25, 0.3) is 0 Å². The molecule has 2 atom stereocenters. The van der Waals surface area contributed by atoms with Gasteiger partial charge in [-0.2, -0.15) is 0 Å². The van der Waals surface area contributed by atoms with E-state index in [1.807, 2.05) is 20.8 Å². The van der Waals surface area contributed by atoms with E-state index in [4.69, 9.17) is 9.84 Å². The van der Waals surface area contributed by atoms with E-state index in [0.717, 1.165) is 0 Å². The highest BCUT2D eigenvalue weighted by atomic mass is 16.5. The Morgan fingerprint density at radius 1 is 1.54 bits per heavy atom. The summed E-state index contributed by atoms with van der Waals surface area (Å²) in [7, 11) is 0. The van der Waals surface area contributed by atoms with Gasteiger partial charge in [-0.25, -0.2) is 0 Å². The lowest BCUT2D eigenvalue weighted by atomic mass is 10.1. The molecule has 4 heteroatoms. The number of rotatable bonds is 2. The first kappa shape index (κ1) is 10.5. The maximum atomic E-state index is 10.6. The average Bonchev–Trinajstić information content (AvgIpc) is 2.31. The molecule has 0 bridgehead atoms. The first-order chi connectivity index (χ1) is 5.88. The van der Waals surface area contributed by atoms with Crippen molar-refractivity contribution in [3.05, 3.63) is 0 Å². The molecule has 1 fully saturated rings. The molecule has 1 saturated heterocycles. The zero-order chi connectivity index (χ0) is 10.1. The van der Waals surface area contributed by atoms with Gasteiger partial charge in [0.2, 0.25) is 0 Å². The van der Waals surface area contributed by atoms with Crippen LogP contribution in [0.5, 0.6) is 0 Å². The van der Waals surface area contributed by atoms with Crippen LogP contribution in [0.15, 0.2) is 0 Å². The second-order valence-corrected chi connectivity index (χ2v) is 4.39. The molecule has 1 heterocycles. The summed E-state index contributed by atoms with van der Waals surface area (Å²) in [6.45, 7) is 6.55. The Labute approximate surface area is 78.3 Å². The zero-order valence-corrected chi connectivity index (χ0v) is 8.33. The third-order valence-electron chi connectivity index (χ3n) is 1.91. The van der Waals surface area contributed by atoms with E-state index in [-0.39, 0.29) is 11.7 Å². The highest BCUT2D eigenvalue weighted by Gasteiger charge is 2.31. The molecule has 0 unspecified atom stereocenters. The molecule has 1 aliphatic heterocycles. The summed E-state index contributed by atoms with van der Waals surface area (Å²) in [6, 6.07) is -0.438. The minimum Gasteiger partial charge on any atom is -0.480 e. The van der Waals surface area contributed by atoms with Crippen molar-refractivity contribution in [2.45, 2.75) is 44.9 Å². The van der Waals surface area contributed by atoms with Crippen LogP contribution in [0.4, 0.5) is 0 Å². The Morgan fingerprint density at radius 2 is 2.15 bits per heavy atom. The predicted molar refractivity (Wildman–Crippen MR) is 48.7 cm³/mol. The maximum Gasteiger partial charge on any atom is 0.320 e. The first-order valence-electron chi connectivity index (χ1n) is 4.52. The van der Waals surface area contributed by atoms with Crippen molar-refractivity contribution in [3.63, 3.8) is 0 Å². The van der Waals surface area contributed by atoms with Gasteiger partial charge in [0, 0.05) is 13.0 Å². The number of hydrogen-bond donors (Lipinski definition) is 2. The summed E-state index contributed by atoms with van der Waals surface area (Å²) in [4.78, 5) is 10.6. The van der Waals surface area contributed by atoms with E-state index in [2.05, 4.69) is 5.32 Å². The SMILES string of the molecule is CC(C)(C)O[C@H]1CN[C@H](C(=O)O)C1. The molecule has 1 aliphatic rings. The molecule has 0 aromatic carbocycles. The molecule has 13 heavy (non-hydrogen) atoms. The Balaban J connectivity index is 2.38. The van der Waals surface area contributed by atoms with Gasteiger partial charge in [-0.1, -0.05) is 0 Å². The third kappa shape index (κ3) is 3.32. The molecule has 76 valence electrons. The molecule has 0 aromatic rings. The van der Waals surface area contributed by atoms with Gasteiger partial charge in [-0.3, -0.25) is 4.79 Å². The van der Waals surface area contributed by atoms with Crippen LogP contribution < -0.4 is 5.32 Å². The van der Waals surface area contributed by atoms with Crippen molar-refractivity contribution in [3.8, 4) is 0 Å². The number of hydrogen-bond acceptors (Lipinski definition) is 3. The van der Waals surface area contributed by atoms with Crippen molar-refractivity contribution in [2.75, 3.05) is 6.54 Å². The van der Waals surface area contributed by atoms with Crippen molar-refractivity contribution < 1.29 is 14.6 Å². The molecular weight excluding hydrogens is 170 g/mol. The van der Waals surface area contributed by atoms with Crippen LogP contribution in [-0.2, 0) is 9.53 Å². The van der Waals surface area contributed by atoms with Crippen LogP contribution in [-0.4, -0.2) is 35.4 Å². The van der Waals surface area contributed by atoms with E-state index in [1.165, 1.54) is 0 Å². The first-order valence-corrected chi connectivity index (χ1v) is 4.52. The topological polar surface area (TPSA) is 58.6 Å². The number of carbonyl (C=O) groups is 1. The highest BCUT2D eigenvalue weighted by Crippen LogP contribution is 2.17. The van der Waals surface area contributed by atoms with Gasteiger partial charge >= 0.3 is 5.97 Å². The van der Waals surface area contributed by atoms with E-state index >= 15 is 0 Å². The quantitative estimate of drug-likeness (QED) is 0.665. The smallest absolute Gasteiger partial charge is 0.320 e. The Bertz CT molecular complexity index is 198. The number of aliphatic carboxylic acids is 1. The predicted octanol–water partition coefficient (Wildman–Crippen LogP) is 0.617. The Kier molecular flexibility index (Phi) is 2.93. The van der Waals surface area contributed by atoms with Gasteiger partial charge < -0.3 is 15.2 Å². The zero-order valence-electron chi connectivity index (χ0n) is 8.33. The van der Waals surface area contributed by atoms with Crippen molar-refractivity contribution in [1.29, 1.82) is 0 Å². The van der Waals surface area contributed by atoms with Crippen LogP contribution in [0, 0.1) is 0 Å². The van der Waals surface area contributed by atoms with E-state index in [9.17, 15) is 4.79 Å². The normalized spacial score (nSPS) is 29.2. The summed E-state index contributed by atoms with van der Waals surface area (Å²) >= 11 is 0. The van der Waals surface area contributed by atoms with E-state index < -0.39 is 12.0 Å². The lowest BCUT2D eigenvalue weighted by molar-refractivity contribution is -0.139. The van der Waals surface area contributed by atoms with Crippen molar-refractivity contribution >= 4 is 5.97 Å². The number of carboxylic acids is 1. The summed E-state index contributed by atoms with van der Waals surface area (Å²) in [5.41, 5.74) is -0.195. The van der Waals surface area contributed by atoms with Crippen LogP contribution in [0.1, 0.15) is 27.2 Å². The van der Waals surface area contributed by atoms with E-state index in [0.29, 0.717) is 13.0 Å². The second kappa shape index (κ2) is 3.64. The minimum absolute atomic E-state index is 0.0288. The fraction of sp³-hybridized carbons (Fsp3) is 0.889. The van der Waals surface area contributed by atoms with Crippen LogP contribution in [0.2, 0.25) is 0 Å². The molecule has 0 spiro atoms. The van der Waals surface area contributed by atoms with Crippen molar-refractivity contribution in [2.24, 2.45) is 0 Å². The van der Waals surface area contributed by atoms with E-state index in [1.54, 1.807) is 0 Å². The Morgan fingerprint density at radius 3 is 2.54 bits per heavy atom. The fourth-order valence-electron chi connectivity index (χ4n) is 1.48. The van der Waals surface area contributed by atoms with Gasteiger partial charge in [0.1, 0.15) is 6.04 Å². The third-order valence-corrected chi connectivity index (χ3v) is 1.91. The second-order valence-electron chi connectivity index (χ2n) is 4.39. The van der Waals surface area contributed by atoms with Gasteiger partial charge in [0.25, 0.3) is 0 Å².